The molecule has 3 nitrogen and oxygen atoms in total. The van der Waals surface area contributed by atoms with Crippen LogP contribution < -0.4 is 0 Å². The van der Waals surface area contributed by atoms with Crippen molar-refractivity contribution < 1.29 is 13.2 Å². The normalized spacial score (nSPS) is 22.4. The minimum atomic E-state index is -2.76. The van der Waals surface area contributed by atoms with Crippen molar-refractivity contribution in [3.8, 4) is 0 Å². The molecule has 4 heteroatoms. The Kier molecular flexibility index (Phi) is 4.64. The van der Waals surface area contributed by atoms with Gasteiger partial charge in [0.05, 0.1) is 24.4 Å². The molecule has 0 aromatic heterocycles. The summed E-state index contributed by atoms with van der Waals surface area (Å²) in [6.45, 7) is 2.60. The molecule has 0 N–H and O–H groups in total. The van der Waals surface area contributed by atoms with Crippen LogP contribution >= 0.6 is 0 Å². The molecule has 1 aliphatic heterocycles. The van der Waals surface area contributed by atoms with Crippen molar-refractivity contribution in [3.63, 3.8) is 0 Å². The number of hydrogen-bond donors (Lipinski definition) is 0. The van der Waals surface area contributed by atoms with Gasteiger partial charge in [-0.3, -0.25) is 0 Å². The largest absolute Gasteiger partial charge is 0.501 e. The molecule has 0 bridgehead atoms. The molecule has 1 aliphatic rings. The van der Waals surface area contributed by atoms with E-state index in [2.05, 4.69) is 0 Å². The van der Waals surface area contributed by atoms with Gasteiger partial charge in [0.15, 0.2) is 9.84 Å². The fourth-order valence-electron chi connectivity index (χ4n) is 2.29. The Morgan fingerprint density at radius 2 is 2.11 bits per heavy atom. The molecule has 1 saturated heterocycles. The average Bonchev–Trinajstić information content (AvgIpc) is 2.75. The van der Waals surface area contributed by atoms with Crippen LogP contribution in [0.3, 0.4) is 0 Å². The topological polar surface area (TPSA) is 43.4 Å². The van der Waals surface area contributed by atoms with E-state index in [4.69, 9.17) is 4.74 Å². The van der Waals surface area contributed by atoms with Crippen molar-refractivity contribution >= 4 is 15.4 Å². The second-order valence-corrected chi connectivity index (χ2v) is 7.32. The summed E-state index contributed by atoms with van der Waals surface area (Å²) in [6.07, 6.45) is 3.36. The first kappa shape index (κ1) is 14.1. The standard InChI is InChI=1S/C15H20O3S/c1-13(15-5-3-2-4-6-15)11-18-9-7-14-8-10-19(16,17)12-14/h2-6,11,14H,7-10,12H2,1H3/b13-11-. The first-order valence-electron chi connectivity index (χ1n) is 6.61. The van der Waals surface area contributed by atoms with Gasteiger partial charge in [0.25, 0.3) is 0 Å². The molecule has 2 rings (SSSR count). The number of allylic oxidation sites excluding steroid dienone is 1. The van der Waals surface area contributed by atoms with Gasteiger partial charge in [0.2, 0.25) is 0 Å². The average molecular weight is 280 g/mol. The van der Waals surface area contributed by atoms with E-state index in [1.807, 2.05) is 37.3 Å². The van der Waals surface area contributed by atoms with Crippen LogP contribution in [0, 0.1) is 5.92 Å². The SMILES string of the molecule is C/C(=C/OCCC1CCS(=O)(=O)C1)c1ccccc1. The Morgan fingerprint density at radius 3 is 2.74 bits per heavy atom. The highest BCUT2D eigenvalue weighted by atomic mass is 32.2. The summed E-state index contributed by atoms with van der Waals surface area (Å²) in [7, 11) is -2.76. The van der Waals surface area contributed by atoms with E-state index in [0.717, 1.165) is 24.0 Å². The molecule has 104 valence electrons. The van der Waals surface area contributed by atoms with Gasteiger partial charge in [0.1, 0.15) is 0 Å². The first-order chi connectivity index (χ1) is 9.07. The Hall–Kier alpha value is -1.29. The van der Waals surface area contributed by atoms with Crippen molar-refractivity contribution in [1.29, 1.82) is 0 Å². The van der Waals surface area contributed by atoms with E-state index >= 15 is 0 Å². The number of rotatable bonds is 5. The summed E-state index contributed by atoms with van der Waals surface area (Å²) in [5.74, 6) is 0.948. The molecule has 0 spiro atoms. The zero-order valence-corrected chi connectivity index (χ0v) is 12.0. The van der Waals surface area contributed by atoms with Crippen LogP contribution in [-0.2, 0) is 14.6 Å². The minimum absolute atomic E-state index is 0.274. The highest BCUT2D eigenvalue weighted by Crippen LogP contribution is 2.21. The van der Waals surface area contributed by atoms with Gasteiger partial charge in [-0.1, -0.05) is 30.3 Å². The number of sulfone groups is 1. The minimum Gasteiger partial charge on any atom is -0.501 e. The molecule has 1 fully saturated rings. The van der Waals surface area contributed by atoms with Crippen molar-refractivity contribution in [1.82, 2.24) is 0 Å². The predicted octanol–water partition coefficient (Wildman–Crippen LogP) is 2.89. The summed E-state index contributed by atoms with van der Waals surface area (Å²) in [5.41, 5.74) is 2.23. The molecule has 0 saturated carbocycles. The van der Waals surface area contributed by atoms with Gasteiger partial charge in [0, 0.05) is 0 Å². The predicted molar refractivity (Wildman–Crippen MR) is 77.4 cm³/mol. The molecule has 1 atom stereocenters. The molecular weight excluding hydrogens is 260 g/mol. The Bertz CT molecular complexity index is 532. The fraction of sp³-hybridized carbons (Fsp3) is 0.467. The van der Waals surface area contributed by atoms with Gasteiger partial charge in [-0.2, -0.15) is 0 Å². The van der Waals surface area contributed by atoms with E-state index in [9.17, 15) is 8.42 Å². The molecule has 0 aliphatic carbocycles. The Morgan fingerprint density at radius 1 is 1.37 bits per heavy atom. The highest BCUT2D eigenvalue weighted by molar-refractivity contribution is 7.91. The quantitative estimate of drug-likeness (QED) is 0.615. The van der Waals surface area contributed by atoms with Crippen LogP contribution in [0.25, 0.3) is 5.57 Å². The third kappa shape index (κ3) is 4.39. The first-order valence-corrected chi connectivity index (χ1v) is 8.43. The number of hydrogen-bond acceptors (Lipinski definition) is 3. The number of ether oxygens (including phenoxy) is 1. The lowest BCUT2D eigenvalue weighted by Gasteiger charge is -2.08. The van der Waals surface area contributed by atoms with Crippen molar-refractivity contribution in [2.75, 3.05) is 18.1 Å². The molecular formula is C15H20O3S. The van der Waals surface area contributed by atoms with E-state index < -0.39 is 9.84 Å². The third-order valence-corrected chi connectivity index (χ3v) is 5.30. The van der Waals surface area contributed by atoms with Gasteiger partial charge in [-0.25, -0.2) is 8.42 Å². The lowest BCUT2D eigenvalue weighted by atomic mass is 10.1. The van der Waals surface area contributed by atoms with Crippen LogP contribution in [0.4, 0.5) is 0 Å². The van der Waals surface area contributed by atoms with Crippen LogP contribution in [0.5, 0.6) is 0 Å². The van der Waals surface area contributed by atoms with Crippen LogP contribution in [-0.4, -0.2) is 26.5 Å². The van der Waals surface area contributed by atoms with Crippen LogP contribution in [0.15, 0.2) is 36.6 Å². The molecule has 0 amide bonds. The van der Waals surface area contributed by atoms with E-state index in [0.29, 0.717) is 18.1 Å². The van der Waals surface area contributed by atoms with E-state index in [-0.39, 0.29) is 5.92 Å². The molecule has 1 unspecified atom stereocenters. The maximum Gasteiger partial charge on any atom is 0.150 e. The van der Waals surface area contributed by atoms with Gasteiger partial charge in [-0.05, 0) is 36.8 Å². The molecule has 1 heterocycles. The smallest absolute Gasteiger partial charge is 0.150 e. The number of benzene rings is 1. The summed E-state index contributed by atoms with van der Waals surface area (Å²) in [6, 6.07) is 10.1. The fourth-order valence-corrected chi connectivity index (χ4v) is 4.20. The van der Waals surface area contributed by atoms with Crippen molar-refractivity contribution in [3.05, 3.63) is 42.2 Å². The van der Waals surface area contributed by atoms with Crippen LogP contribution in [0.1, 0.15) is 25.3 Å². The van der Waals surface area contributed by atoms with E-state index in [1.165, 1.54) is 0 Å². The second-order valence-electron chi connectivity index (χ2n) is 5.10. The second kappa shape index (κ2) is 6.24. The Labute approximate surface area is 115 Å². The molecule has 0 radical (unpaired) electrons. The summed E-state index contributed by atoms with van der Waals surface area (Å²) < 4.78 is 28.2. The summed E-state index contributed by atoms with van der Waals surface area (Å²) in [5, 5.41) is 0. The van der Waals surface area contributed by atoms with Gasteiger partial charge >= 0.3 is 0 Å². The van der Waals surface area contributed by atoms with Crippen molar-refractivity contribution in [2.45, 2.75) is 19.8 Å². The molecule has 1 aromatic rings. The van der Waals surface area contributed by atoms with E-state index in [1.54, 1.807) is 6.26 Å². The van der Waals surface area contributed by atoms with Crippen LogP contribution in [0.2, 0.25) is 0 Å². The maximum atomic E-state index is 11.3. The molecule has 1 aromatic carbocycles. The highest BCUT2D eigenvalue weighted by Gasteiger charge is 2.27. The zero-order valence-electron chi connectivity index (χ0n) is 11.2. The lowest BCUT2D eigenvalue weighted by Crippen LogP contribution is -2.06. The van der Waals surface area contributed by atoms with Crippen molar-refractivity contribution in [2.24, 2.45) is 5.92 Å². The summed E-state index contributed by atoms with van der Waals surface area (Å²) >= 11 is 0. The third-order valence-electron chi connectivity index (χ3n) is 3.46. The monoisotopic (exact) mass is 280 g/mol. The van der Waals surface area contributed by atoms with Gasteiger partial charge < -0.3 is 4.74 Å². The summed E-state index contributed by atoms with van der Waals surface area (Å²) in [4.78, 5) is 0. The lowest BCUT2D eigenvalue weighted by molar-refractivity contribution is 0.227. The maximum absolute atomic E-state index is 11.3. The Balaban J connectivity index is 1.75. The van der Waals surface area contributed by atoms with Gasteiger partial charge in [-0.15, -0.1) is 0 Å². The zero-order chi connectivity index (χ0) is 13.7. The molecule has 19 heavy (non-hydrogen) atoms.